The predicted octanol–water partition coefficient (Wildman–Crippen LogP) is 4.66. The van der Waals surface area contributed by atoms with Crippen LogP contribution in [0.3, 0.4) is 0 Å². The first kappa shape index (κ1) is 23.0. The molecule has 170 valence electrons. The third kappa shape index (κ3) is 5.79. The maximum atomic E-state index is 13.4. The molecule has 0 saturated carbocycles. The molecule has 0 aliphatic carbocycles. The fourth-order valence-corrected chi connectivity index (χ4v) is 3.81. The summed E-state index contributed by atoms with van der Waals surface area (Å²) in [6.07, 6.45) is 0. The van der Waals surface area contributed by atoms with E-state index in [9.17, 15) is 9.18 Å². The van der Waals surface area contributed by atoms with Crippen LogP contribution in [0.5, 0.6) is 5.75 Å². The maximum absolute atomic E-state index is 13.4. The van der Waals surface area contributed by atoms with Gasteiger partial charge in [-0.1, -0.05) is 30.0 Å². The fraction of sp³-hybridized carbons (Fsp3) is 0.120. The summed E-state index contributed by atoms with van der Waals surface area (Å²) in [6, 6.07) is 24.2. The lowest BCUT2D eigenvalue weighted by molar-refractivity contribution is -0.141. The zero-order chi connectivity index (χ0) is 23.8. The zero-order valence-electron chi connectivity index (χ0n) is 17.9. The van der Waals surface area contributed by atoms with Gasteiger partial charge in [0.15, 0.2) is 11.0 Å². The van der Waals surface area contributed by atoms with Crippen LogP contribution in [0, 0.1) is 17.1 Å². The largest absolute Gasteiger partial charge is 0.490 e. The van der Waals surface area contributed by atoms with Crippen LogP contribution in [-0.4, -0.2) is 39.7 Å². The number of rotatable bonds is 9. The van der Waals surface area contributed by atoms with Gasteiger partial charge in [0.05, 0.1) is 17.4 Å². The summed E-state index contributed by atoms with van der Waals surface area (Å²) >= 11 is 1.20. The quantitative estimate of drug-likeness (QED) is 0.198. The van der Waals surface area contributed by atoms with Gasteiger partial charge in [0, 0.05) is 11.3 Å². The Bertz CT molecular complexity index is 1290. The second-order valence-corrected chi connectivity index (χ2v) is 7.92. The van der Waals surface area contributed by atoms with Gasteiger partial charge in [-0.15, -0.1) is 10.2 Å². The van der Waals surface area contributed by atoms with E-state index in [1.807, 2.05) is 41.0 Å². The van der Waals surface area contributed by atoms with Gasteiger partial charge in [-0.2, -0.15) is 5.26 Å². The van der Waals surface area contributed by atoms with Crippen molar-refractivity contribution >= 4 is 17.7 Å². The lowest BCUT2D eigenvalue weighted by Gasteiger charge is -2.10. The highest BCUT2D eigenvalue weighted by molar-refractivity contribution is 7.99. The summed E-state index contributed by atoms with van der Waals surface area (Å²) in [4.78, 5) is 12.2. The first-order chi connectivity index (χ1) is 16.6. The Morgan fingerprint density at radius 1 is 0.971 bits per heavy atom. The van der Waals surface area contributed by atoms with Crippen molar-refractivity contribution in [3.05, 3.63) is 90.2 Å². The molecule has 4 rings (SSSR count). The third-order valence-electron chi connectivity index (χ3n) is 4.67. The molecule has 0 saturated heterocycles. The average Bonchev–Trinajstić information content (AvgIpc) is 3.30. The number of thioether (sulfide) groups is 1. The molecule has 0 atom stereocenters. The van der Waals surface area contributed by atoms with Gasteiger partial charge >= 0.3 is 5.97 Å². The van der Waals surface area contributed by atoms with Crippen LogP contribution >= 0.6 is 11.8 Å². The molecule has 0 aliphatic rings. The minimum Gasteiger partial charge on any atom is -0.490 e. The van der Waals surface area contributed by atoms with Gasteiger partial charge in [-0.25, -0.2) is 4.39 Å². The Morgan fingerprint density at radius 3 is 2.41 bits per heavy atom. The van der Waals surface area contributed by atoms with Crippen LogP contribution in [0.2, 0.25) is 0 Å². The Kier molecular flexibility index (Phi) is 7.53. The molecule has 0 bridgehead atoms. The van der Waals surface area contributed by atoms with E-state index >= 15 is 0 Å². The van der Waals surface area contributed by atoms with Crippen LogP contribution in [0.25, 0.3) is 17.1 Å². The van der Waals surface area contributed by atoms with E-state index in [0.29, 0.717) is 27.9 Å². The van der Waals surface area contributed by atoms with E-state index in [0.717, 1.165) is 5.69 Å². The first-order valence-electron chi connectivity index (χ1n) is 10.3. The van der Waals surface area contributed by atoms with Crippen LogP contribution in [0.1, 0.15) is 5.56 Å². The van der Waals surface area contributed by atoms with Gasteiger partial charge in [0.2, 0.25) is 0 Å². The molecule has 0 spiro atoms. The van der Waals surface area contributed by atoms with Crippen LogP contribution < -0.4 is 4.74 Å². The van der Waals surface area contributed by atoms with Gasteiger partial charge in [0.25, 0.3) is 0 Å². The number of hydrogen-bond acceptors (Lipinski definition) is 7. The van der Waals surface area contributed by atoms with E-state index in [-0.39, 0.29) is 24.8 Å². The number of carbonyl (C=O) groups is 1. The van der Waals surface area contributed by atoms with Crippen LogP contribution in [-0.2, 0) is 9.53 Å². The first-order valence-corrected chi connectivity index (χ1v) is 11.3. The summed E-state index contributed by atoms with van der Waals surface area (Å²) in [5.74, 6) is 0.409. The summed E-state index contributed by atoms with van der Waals surface area (Å²) in [6.45, 7) is 0.281. The standard InChI is InChI=1S/C25H19FN4O3S/c26-20-10-8-19(9-11-20)24-28-29-25(30(24)21-4-2-1-3-5-21)34-17-23(31)33-15-14-32-22-12-6-18(16-27)7-13-22/h1-13H,14-15,17H2. The normalized spacial score (nSPS) is 10.5. The van der Waals surface area contributed by atoms with Crippen LogP contribution in [0.4, 0.5) is 4.39 Å². The fourth-order valence-electron chi connectivity index (χ4n) is 3.07. The topological polar surface area (TPSA) is 90.0 Å². The van der Waals surface area contributed by atoms with Gasteiger partial charge < -0.3 is 9.47 Å². The zero-order valence-corrected chi connectivity index (χ0v) is 18.7. The van der Waals surface area contributed by atoms with E-state index < -0.39 is 5.97 Å². The smallest absolute Gasteiger partial charge is 0.316 e. The maximum Gasteiger partial charge on any atom is 0.316 e. The van der Waals surface area contributed by atoms with Gasteiger partial charge in [-0.3, -0.25) is 9.36 Å². The summed E-state index contributed by atoms with van der Waals surface area (Å²) < 4.78 is 25.9. The van der Waals surface area contributed by atoms with E-state index in [1.165, 1.54) is 23.9 Å². The van der Waals surface area contributed by atoms with Crippen molar-refractivity contribution in [1.29, 1.82) is 5.26 Å². The highest BCUT2D eigenvalue weighted by Crippen LogP contribution is 2.28. The minimum absolute atomic E-state index is 0.0330. The molecular formula is C25H19FN4O3S. The molecule has 4 aromatic rings. The number of halogens is 1. The Balaban J connectivity index is 1.37. The number of nitrogens with zero attached hydrogens (tertiary/aromatic N) is 4. The number of para-hydroxylation sites is 1. The Hall–Kier alpha value is -4.16. The average molecular weight is 475 g/mol. The number of nitriles is 1. The van der Waals surface area contributed by atoms with Gasteiger partial charge in [0.1, 0.15) is 24.8 Å². The molecule has 0 aliphatic heterocycles. The second kappa shape index (κ2) is 11.1. The molecule has 0 radical (unpaired) electrons. The van der Waals surface area contributed by atoms with E-state index in [2.05, 4.69) is 10.2 Å². The second-order valence-electron chi connectivity index (χ2n) is 6.98. The molecular weight excluding hydrogens is 455 g/mol. The summed E-state index contributed by atoms with van der Waals surface area (Å²) in [5, 5.41) is 17.8. The number of benzene rings is 3. The predicted molar refractivity (Wildman–Crippen MR) is 125 cm³/mol. The van der Waals surface area contributed by atoms with Crippen molar-refractivity contribution in [3.8, 4) is 28.9 Å². The van der Waals surface area contributed by atoms with Crippen molar-refractivity contribution in [2.75, 3.05) is 19.0 Å². The molecule has 0 amide bonds. The molecule has 0 unspecified atom stereocenters. The summed E-state index contributed by atoms with van der Waals surface area (Å²) in [5.41, 5.74) is 2.06. The van der Waals surface area contributed by atoms with Crippen molar-refractivity contribution in [1.82, 2.24) is 14.8 Å². The lowest BCUT2D eigenvalue weighted by atomic mass is 10.2. The molecule has 34 heavy (non-hydrogen) atoms. The van der Waals surface area contributed by atoms with E-state index in [1.54, 1.807) is 36.4 Å². The molecule has 3 aromatic carbocycles. The van der Waals surface area contributed by atoms with Crippen molar-refractivity contribution in [2.24, 2.45) is 0 Å². The molecule has 0 N–H and O–H groups in total. The highest BCUT2D eigenvalue weighted by atomic mass is 32.2. The molecule has 1 aromatic heterocycles. The minimum atomic E-state index is -0.417. The van der Waals surface area contributed by atoms with Gasteiger partial charge in [-0.05, 0) is 60.7 Å². The molecule has 9 heteroatoms. The van der Waals surface area contributed by atoms with Crippen molar-refractivity contribution in [2.45, 2.75) is 5.16 Å². The van der Waals surface area contributed by atoms with E-state index in [4.69, 9.17) is 14.7 Å². The molecule has 7 nitrogen and oxygen atoms in total. The number of esters is 1. The number of carbonyl (C=O) groups excluding carboxylic acids is 1. The summed E-state index contributed by atoms with van der Waals surface area (Å²) in [7, 11) is 0. The third-order valence-corrected chi connectivity index (χ3v) is 5.57. The van der Waals surface area contributed by atoms with Crippen LogP contribution in [0.15, 0.2) is 84.0 Å². The Morgan fingerprint density at radius 2 is 1.71 bits per heavy atom. The van der Waals surface area contributed by atoms with Crippen molar-refractivity contribution in [3.63, 3.8) is 0 Å². The Labute approximate surface area is 199 Å². The number of aromatic nitrogens is 3. The monoisotopic (exact) mass is 474 g/mol. The number of ether oxygens (including phenoxy) is 2. The molecule has 0 fully saturated rings. The SMILES string of the molecule is N#Cc1ccc(OCCOC(=O)CSc2nnc(-c3ccc(F)cc3)n2-c2ccccc2)cc1. The lowest BCUT2D eigenvalue weighted by Crippen LogP contribution is -2.14. The highest BCUT2D eigenvalue weighted by Gasteiger charge is 2.17. The van der Waals surface area contributed by atoms with Crippen molar-refractivity contribution < 1.29 is 18.7 Å². The molecule has 1 heterocycles. The number of hydrogen-bond donors (Lipinski definition) is 0.